The molecular weight excluding hydrogens is 295 g/mol. The average molecular weight is 318 g/mol. The number of hydrogen-bond donors (Lipinski definition) is 2. The number of nitrogens with one attached hydrogen (secondary N) is 1. The molecule has 0 aliphatic carbocycles. The van der Waals surface area contributed by atoms with Crippen LogP contribution in [0.2, 0.25) is 0 Å². The third-order valence-corrected chi connectivity index (χ3v) is 4.80. The number of aliphatic hydroxyl groups is 1. The molecule has 1 aromatic heterocycles. The van der Waals surface area contributed by atoms with Gasteiger partial charge >= 0.3 is 0 Å². The van der Waals surface area contributed by atoms with Crippen molar-refractivity contribution in [3.8, 4) is 0 Å². The van der Waals surface area contributed by atoms with E-state index >= 15 is 0 Å². The van der Waals surface area contributed by atoms with Crippen molar-refractivity contribution in [2.45, 2.75) is 51.7 Å². The summed E-state index contributed by atoms with van der Waals surface area (Å²) in [6, 6.07) is 4.42. The molecule has 2 heterocycles. The van der Waals surface area contributed by atoms with Gasteiger partial charge in [-0.3, -0.25) is 4.79 Å². The van der Waals surface area contributed by atoms with Crippen LogP contribution in [-0.2, 0) is 11.2 Å². The van der Waals surface area contributed by atoms with E-state index in [0.29, 0.717) is 6.54 Å². The number of aromatic nitrogens is 1. The van der Waals surface area contributed by atoms with E-state index in [9.17, 15) is 14.3 Å². The topological polar surface area (TPSA) is 56.3 Å². The van der Waals surface area contributed by atoms with Crippen LogP contribution in [0, 0.1) is 12.7 Å². The van der Waals surface area contributed by atoms with E-state index in [4.69, 9.17) is 0 Å². The number of H-pyrrole nitrogens is 1. The number of benzene rings is 1. The first-order valence-corrected chi connectivity index (χ1v) is 8.06. The number of nitrogens with zero attached hydrogens (tertiary/aromatic N) is 1. The van der Waals surface area contributed by atoms with Gasteiger partial charge in [-0.1, -0.05) is 0 Å². The second kappa shape index (κ2) is 5.64. The van der Waals surface area contributed by atoms with Gasteiger partial charge in [-0.05, 0) is 57.4 Å². The number of carbonyl (C=O) groups excluding carboxylic acids is 1. The molecule has 2 N–H and O–H groups in total. The summed E-state index contributed by atoms with van der Waals surface area (Å²) < 4.78 is 13.5. The molecule has 2 aromatic rings. The highest BCUT2D eigenvalue weighted by Gasteiger charge is 2.38. The number of hydrogen-bond acceptors (Lipinski definition) is 2. The summed E-state index contributed by atoms with van der Waals surface area (Å²) in [4.78, 5) is 17.7. The summed E-state index contributed by atoms with van der Waals surface area (Å²) in [6.45, 7) is 6.06. The van der Waals surface area contributed by atoms with Crippen molar-refractivity contribution >= 4 is 16.8 Å². The van der Waals surface area contributed by atoms with E-state index in [1.807, 2.05) is 6.92 Å². The highest BCUT2D eigenvalue weighted by Crippen LogP contribution is 2.29. The van der Waals surface area contributed by atoms with Crippen LogP contribution < -0.4 is 0 Å². The van der Waals surface area contributed by atoms with Crippen molar-refractivity contribution in [3.63, 3.8) is 0 Å². The SMILES string of the molecule is Cc1[nH]c2ccc(F)cc2c1CC(=O)N1CCCC1C(C)(C)O. The van der Waals surface area contributed by atoms with Crippen molar-refractivity contribution in [2.24, 2.45) is 0 Å². The molecule has 1 amide bonds. The summed E-state index contributed by atoms with van der Waals surface area (Å²) >= 11 is 0. The maximum atomic E-state index is 13.5. The summed E-state index contributed by atoms with van der Waals surface area (Å²) in [5.74, 6) is -0.316. The summed E-state index contributed by atoms with van der Waals surface area (Å²) in [5.41, 5.74) is 1.66. The monoisotopic (exact) mass is 318 g/mol. The number of amides is 1. The van der Waals surface area contributed by atoms with E-state index < -0.39 is 5.60 Å². The Bertz CT molecular complexity index is 745. The van der Waals surface area contributed by atoms with Gasteiger partial charge in [0.2, 0.25) is 5.91 Å². The Morgan fingerprint density at radius 1 is 1.48 bits per heavy atom. The molecule has 0 saturated carbocycles. The fourth-order valence-corrected chi connectivity index (χ4v) is 3.63. The van der Waals surface area contributed by atoms with Crippen molar-refractivity contribution in [1.29, 1.82) is 0 Å². The number of likely N-dealkylation sites (tertiary alicyclic amines) is 1. The van der Waals surface area contributed by atoms with Crippen LogP contribution in [0.3, 0.4) is 0 Å². The minimum atomic E-state index is -0.909. The molecule has 4 nitrogen and oxygen atoms in total. The lowest BCUT2D eigenvalue weighted by atomic mass is 9.96. The van der Waals surface area contributed by atoms with E-state index in [2.05, 4.69) is 4.98 Å². The molecule has 1 aromatic carbocycles. The first-order chi connectivity index (χ1) is 10.8. The lowest BCUT2D eigenvalue weighted by molar-refractivity contribution is -0.135. The molecule has 3 rings (SSSR count). The van der Waals surface area contributed by atoms with Crippen LogP contribution in [0.5, 0.6) is 0 Å². The number of halogens is 1. The molecule has 1 aliphatic heterocycles. The zero-order chi connectivity index (χ0) is 16.8. The molecule has 124 valence electrons. The molecule has 1 atom stereocenters. The maximum Gasteiger partial charge on any atom is 0.227 e. The third-order valence-electron chi connectivity index (χ3n) is 4.80. The van der Waals surface area contributed by atoms with Gasteiger partial charge in [0, 0.05) is 23.1 Å². The van der Waals surface area contributed by atoms with Crippen LogP contribution in [0.15, 0.2) is 18.2 Å². The van der Waals surface area contributed by atoms with E-state index in [1.54, 1.807) is 24.8 Å². The van der Waals surface area contributed by atoms with Gasteiger partial charge in [0.25, 0.3) is 0 Å². The van der Waals surface area contributed by atoms with Gasteiger partial charge < -0.3 is 15.0 Å². The van der Waals surface area contributed by atoms with Crippen LogP contribution in [0.4, 0.5) is 4.39 Å². The third kappa shape index (κ3) is 2.98. The molecule has 1 aliphatic rings. The fourth-order valence-electron chi connectivity index (χ4n) is 3.63. The molecular formula is C18H23FN2O2. The molecule has 0 spiro atoms. The molecule has 23 heavy (non-hydrogen) atoms. The minimum Gasteiger partial charge on any atom is -0.388 e. The van der Waals surface area contributed by atoms with Crippen molar-refractivity contribution in [3.05, 3.63) is 35.3 Å². The normalized spacial score (nSPS) is 18.8. The quantitative estimate of drug-likeness (QED) is 0.914. The Morgan fingerprint density at radius 3 is 2.91 bits per heavy atom. The van der Waals surface area contributed by atoms with E-state index in [1.165, 1.54) is 12.1 Å². The highest BCUT2D eigenvalue weighted by atomic mass is 19.1. The Kier molecular flexibility index (Phi) is 3.92. The number of aromatic amines is 1. The number of aryl methyl sites for hydroxylation is 1. The molecule has 0 bridgehead atoms. The van der Waals surface area contributed by atoms with Gasteiger partial charge in [0.05, 0.1) is 18.1 Å². The predicted molar refractivity (Wildman–Crippen MR) is 87.7 cm³/mol. The Labute approximate surface area is 135 Å². The minimum absolute atomic E-state index is 0.0112. The van der Waals surface area contributed by atoms with Gasteiger partial charge in [-0.15, -0.1) is 0 Å². The summed E-state index contributed by atoms with van der Waals surface area (Å²) in [6.07, 6.45) is 1.94. The van der Waals surface area contributed by atoms with E-state index in [0.717, 1.165) is 35.0 Å². The lowest BCUT2D eigenvalue weighted by Gasteiger charge is -2.34. The first kappa shape index (κ1) is 16.0. The standard InChI is InChI=1S/C18H23FN2O2/c1-11-13(14-9-12(19)6-7-15(14)20-11)10-17(22)21-8-4-5-16(21)18(2,3)23/h6-7,9,16,20,23H,4-5,8,10H2,1-3H3. The highest BCUT2D eigenvalue weighted by molar-refractivity contribution is 5.90. The van der Waals surface area contributed by atoms with Gasteiger partial charge in [-0.2, -0.15) is 0 Å². The molecule has 1 saturated heterocycles. The second-order valence-electron chi connectivity index (χ2n) is 6.99. The fraction of sp³-hybridized carbons (Fsp3) is 0.500. The zero-order valence-corrected chi connectivity index (χ0v) is 13.8. The van der Waals surface area contributed by atoms with E-state index in [-0.39, 0.29) is 24.2 Å². The molecule has 1 unspecified atom stereocenters. The zero-order valence-electron chi connectivity index (χ0n) is 13.8. The predicted octanol–water partition coefficient (Wildman–Crippen LogP) is 2.92. The second-order valence-corrected chi connectivity index (χ2v) is 6.99. The van der Waals surface area contributed by atoms with Crippen LogP contribution in [-0.4, -0.2) is 39.1 Å². The first-order valence-electron chi connectivity index (χ1n) is 8.06. The number of fused-ring (bicyclic) bond motifs is 1. The Hall–Kier alpha value is -1.88. The van der Waals surface area contributed by atoms with Crippen LogP contribution >= 0.6 is 0 Å². The maximum absolute atomic E-state index is 13.5. The Balaban J connectivity index is 1.89. The van der Waals surface area contributed by atoms with Crippen LogP contribution in [0.1, 0.15) is 37.9 Å². The number of rotatable bonds is 3. The smallest absolute Gasteiger partial charge is 0.227 e. The molecule has 1 fully saturated rings. The van der Waals surface area contributed by atoms with Crippen molar-refractivity contribution in [2.75, 3.05) is 6.54 Å². The van der Waals surface area contributed by atoms with Gasteiger partial charge in [-0.25, -0.2) is 4.39 Å². The number of carbonyl (C=O) groups is 1. The largest absolute Gasteiger partial charge is 0.388 e. The van der Waals surface area contributed by atoms with Crippen molar-refractivity contribution in [1.82, 2.24) is 9.88 Å². The molecule has 0 radical (unpaired) electrons. The van der Waals surface area contributed by atoms with Gasteiger partial charge in [0.15, 0.2) is 0 Å². The lowest BCUT2D eigenvalue weighted by Crippen LogP contribution is -2.48. The molecule has 5 heteroatoms. The van der Waals surface area contributed by atoms with Crippen molar-refractivity contribution < 1.29 is 14.3 Å². The van der Waals surface area contributed by atoms with Crippen LogP contribution in [0.25, 0.3) is 10.9 Å². The average Bonchev–Trinajstić information content (AvgIpc) is 3.05. The Morgan fingerprint density at radius 2 is 2.22 bits per heavy atom. The summed E-state index contributed by atoms with van der Waals surface area (Å²) in [7, 11) is 0. The van der Waals surface area contributed by atoms with Gasteiger partial charge in [0.1, 0.15) is 5.82 Å². The summed E-state index contributed by atoms with van der Waals surface area (Å²) in [5, 5.41) is 11.0.